The molecule has 0 radical (unpaired) electrons. The number of aryl methyl sites for hydroxylation is 1. The zero-order chi connectivity index (χ0) is 13.2. The van der Waals surface area contributed by atoms with Crippen LogP contribution >= 0.6 is 0 Å². The Morgan fingerprint density at radius 3 is 3.11 bits per heavy atom. The van der Waals surface area contributed by atoms with Crippen molar-refractivity contribution in [3.8, 4) is 0 Å². The minimum Gasteiger partial charge on any atom is -0.381 e. The maximum atomic E-state index is 12.0. The van der Waals surface area contributed by atoms with Crippen LogP contribution in [0, 0.1) is 5.92 Å². The number of nitrogens with one attached hydrogen (secondary N) is 1. The molecule has 3 N–H and O–H groups in total. The van der Waals surface area contributed by atoms with E-state index in [1.54, 1.807) is 0 Å². The van der Waals surface area contributed by atoms with Gasteiger partial charge < -0.3 is 15.8 Å². The van der Waals surface area contributed by atoms with E-state index in [4.69, 9.17) is 10.5 Å². The van der Waals surface area contributed by atoms with Gasteiger partial charge in [-0.2, -0.15) is 0 Å². The van der Waals surface area contributed by atoms with Crippen LogP contribution < -0.4 is 11.1 Å². The molecule has 2 aliphatic heterocycles. The van der Waals surface area contributed by atoms with Gasteiger partial charge in [-0.05, 0) is 36.5 Å². The molecule has 2 atom stereocenters. The Kier molecular flexibility index (Phi) is 3.53. The average molecular weight is 260 g/mol. The first kappa shape index (κ1) is 12.6. The van der Waals surface area contributed by atoms with Gasteiger partial charge in [0.25, 0.3) is 5.91 Å². The van der Waals surface area contributed by atoms with Crippen LogP contribution in [0.2, 0.25) is 0 Å². The summed E-state index contributed by atoms with van der Waals surface area (Å²) in [6.07, 6.45) is 2.96. The van der Waals surface area contributed by atoms with Crippen molar-refractivity contribution in [2.45, 2.75) is 25.3 Å². The average Bonchev–Trinajstić information content (AvgIpc) is 2.90. The summed E-state index contributed by atoms with van der Waals surface area (Å²) in [6, 6.07) is 6.06. The molecule has 2 heterocycles. The van der Waals surface area contributed by atoms with Crippen molar-refractivity contribution in [3.63, 3.8) is 0 Å². The summed E-state index contributed by atoms with van der Waals surface area (Å²) in [5, 5.41) is 2.93. The zero-order valence-electron chi connectivity index (χ0n) is 11.0. The highest BCUT2D eigenvalue weighted by molar-refractivity contribution is 5.96. The summed E-state index contributed by atoms with van der Waals surface area (Å²) in [5.41, 5.74) is 9.28. The summed E-state index contributed by atoms with van der Waals surface area (Å²) in [5.74, 6) is 0.399. The molecule has 0 aliphatic carbocycles. The first-order valence-electron chi connectivity index (χ1n) is 7.00. The van der Waals surface area contributed by atoms with Gasteiger partial charge in [0.15, 0.2) is 0 Å². The van der Waals surface area contributed by atoms with Crippen molar-refractivity contribution in [3.05, 3.63) is 34.9 Å². The lowest BCUT2D eigenvalue weighted by molar-refractivity contribution is 0.0956. The Hall–Kier alpha value is -1.39. The van der Waals surface area contributed by atoms with E-state index in [-0.39, 0.29) is 11.9 Å². The molecular formula is C15H20N2O2. The highest BCUT2D eigenvalue weighted by Gasteiger charge is 2.25. The molecule has 1 fully saturated rings. The van der Waals surface area contributed by atoms with Crippen molar-refractivity contribution >= 4 is 5.91 Å². The summed E-state index contributed by atoms with van der Waals surface area (Å²) < 4.78 is 5.39. The molecule has 2 unspecified atom stereocenters. The Morgan fingerprint density at radius 2 is 2.32 bits per heavy atom. The van der Waals surface area contributed by atoms with Gasteiger partial charge in [0, 0.05) is 30.7 Å². The number of rotatable bonds is 2. The Balaban J connectivity index is 1.89. The molecule has 2 aliphatic rings. The van der Waals surface area contributed by atoms with E-state index in [1.807, 2.05) is 6.07 Å². The molecule has 19 heavy (non-hydrogen) atoms. The smallest absolute Gasteiger partial charge is 0.251 e. The minimum absolute atomic E-state index is 0.0317. The third-order valence-corrected chi connectivity index (χ3v) is 4.14. The lowest BCUT2D eigenvalue weighted by Gasteiger charge is -2.19. The van der Waals surface area contributed by atoms with E-state index in [1.165, 1.54) is 0 Å². The number of carbonyl (C=O) groups excluding carboxylic acids is 1. The number of ether oxygens (including phenoxy) is 1. The molecule has 0 spiro atoms. The molecule has 1 amide bonds. The van der Waals surface area contributed by atoms with Gasteiger partial charge in [0.1, 0.15) is 0 Å². The first-order chi connectivity index (χ1) is 9.25. The molecular weight excluding hydrogens is 240 g/mol. The molecule has 0 bridgehead atoms. The van der Waals surface area contributed by atoms with E-state index in [0.717, 1.165) is 55.7 Å². The van der Waals surface area contributed by atoms with Crippen molar-refractivity contribution in [1.29, 1.82) is 0 Å². The van der Waals surface area contributed by atoms with Crippen LogP contribution in [0.4, 0.5) is 0 Å². The van der Waals surface area contributed by atoms with Gasteiger partial charge in [0.2, 0.25) is 0 Å². The van der Waals surface area contributed by atoms with Crippen LogP contribution in [-0.4, -0.2) is 25.7 Å². The number of carbonyl (C=O) groups is 1. The van der Waals surface area contributed by atoms with Crippen LogP contribution in [0.25, 0.3) is 0 Å². The minimum atomic E-state index is -0.0381. The summed E-state index contributed by atoms with van der Waals surface area (Å²) in [7, 11) is 0. The fraction of sp³-hybridized carbons (Fsp3) is 0.533. The fourth-order valence-corrected chi connectivity index (χ4v) is 2.91. The van der Waals surface area contributed by atoms with Crippen LogP contribution in [0.5, 0.6) is 0 Å². The zero-order valence-corrected chi connectivity index (χ0v) is 11.0. The molecule has 0 aromatic heterocycles. The SMILES string of the molecule is NC(c1ccc2c(c1)C(=O)NCCC2)C1CCOC1. The lowest BCUT2D eigenvalue weighted by Crippen LogP contribution is -2.24. The molecule has 4 heteroatoms. The summed E-state index contributed by atoms with van der Waals surface area (Å²) in [6.45, 7) is 2.28. The Labute approximate surface area is 113 Å². The van der Waals surface area contributed by atoms with Crippen LogP contribution in [0.1, 0.15) is 40.4 Å². The quantitative estimate of drug-likeness (QED) is 0.844. The van der Waals surface area contributed by atoms with Gasteiger partial charge in [-0.3, -0.25) is 4.79 Å². The van der Waals surface area contributed by atoms with Gasteiger partial charge >= 0.3 is 0 Å². The topological polar surface area (TPSA) is 64.4 Å². The van der Waals surface area contributed by atoms with E-state index in [2.05, 4.69) is 17.4 Å². The molecule has 4 nitrogen and oxygen atoms in total. The fourth-order valence-electron chi connectivity index (χ4n) is 2.91. The van der Waals surface area contributed by atoms with Crippen molar-refractivity contribution < 1.29 is 9.53 Å². The Morgan fingerprint density at radius 1 is 1.42 bits per heavy atom. The van der Waals surface area contributed by atoms with Gasteiger partial charge in [0.05, 0.1) is 6.61 Å². The third kappa shape index (κ3) is 2.51. The highest BCUT2D eigenvalue weighted by atomic mass is 16.5. The molecule has 0 saturated carbocycles. The standard InChI is InChI=1S/C15H20N2O2/c16-14(12-5-7-19-9-12)11-4-3-10-2-1-6-17-15(18)13(10)8-11/h3-4,8,12,14H,1-2,5-7,9,16H2,(H,17,18). The number of hydrogen-bond donors (Lipinski definition) is 2. The largest absolute Gasteiger partial charge is 0.381 e. The lowest BCUT2D eigenvalue weighted by atomic mass is 9.90. The van der Waals surface area contributed by atoms with Gasteiger partial charge in [-0.15, -0.1) is 0 Å². The number of amides is 1. The number of benzene rings is 1. The molecule has 3 rings (SSSR count). The molecule has 102 valence electrons. The maximum Gasteiger partial charge on any atom is 0.251 e. The normalized spacial score (nSPS) is 24.5. The van der Waals surface area contributed by atoms with Crippen molar-refractivity contribution in [2.24, 2.45) is 11.7 Å². The second-order valence-corrected chi connectivity index (χ2v) is 5.43. The summed E-state index contributed by atoms with van der Waals surface area (Å²) in [4.78, 5) is 12.0. The molecule has 1 aromatic rings. The molecule has 1 saturated heterocycles. The second-order valence-electron chi connectivity index (χ2n) is 5.43. The second kappa shape index (κ2) is 5.31. The molecule has 1 aromatic carbocycles. The van der Waals surface area contributed by atoms with E-state index in [0.29, 0.717) is 5.92 Å². The van der Waals surface area contributed by atoms with Crippen molar-refractivity contribution in [1.82, 2.24) is 5.32 Å². The number of fused-ring (bicyclic) bond motifs is 1. The predicted molar refractivity (Wildman–Crippen MR) is 73.0 cm³/mol. The number of hydrogen-bond acceptors (Lipinski definition) is 3. The van der Waals surface area contributed by atoms with Crippen LogP contribution in [0.3, 0.4) is 0 Å². The van der Waals surface area contributed by atoms with E-state index in [9.17, 15) is 4.79 Å². The predicted octanol–water partition coefficient (Wildman–Crippen LogP) is 1.40. The van der Waals surface area contributed by atoms with Gasteiger partial charge in [-0.25, -0.2) is 0 Å². The maximum absolute atomic E-state index is 12.0. The van der Waals surface area contributed by atoms with E-state index >= 15 is 0 Å². The summed E-state index contributed by atoms with van der Waals surface area (Å²) >= 11 is 0. The van der Waals surface area contributed by atoms with Crippen molar-refractivity contribution in [2.75, 3.05) is 19.8 Å². The Bertz CT molecular complexity index is 481. The highest BCUT2D eigenvalue weighted by Crippen LogP contribution is 2.28. The third-order valence-electron chi connectivity index (χ3n) is 4.14. The van der Waals surface area contributed by atoms with Crippen LogP contribution in [0.15, 0.2) is 18.2 Å². The first-order valence-corrected chi connectivity index (χ1v) is 7.00. The monoisotopic (exact) mass is 260 g/mol. The van der Waals surface area contributed by atoms with E-state index < -0.39 is 0 Å². The van der Waals surface area contributed by atoms with Gasteiger partial charge in [-0.1, -0.05) is 12.1 Å². The number of nitrogens with two attached hydrogens (primary N) is 1. The van der Waals surface area contributed by atoms with Crippen LogP contribution in [-0.2, 0) is 11.2 Å².